The molecule has 0 aliphatic heterocycles. The van der Waals surface area contributed by atoms with Crippen LogP contribution in [-0.4, -0.2) is 23.6 Å². The third kappa shape index (κ3) is 3.52. The molecule has 0 aliphatic rings. The molecule has 0 radical (unpaired) electrons. The minimum absolute atomic E-state index is 0.651. The summed E-state index contributed by atoms with van der Waals surface area (Å²) >= 11 is 0. The van der Waals surface area contributed by atoms with E-state index in [2.05, 4.69) is 20.9 Å². The molecule has 0 unspecified atom stereocenters. The molecule has 2 rings (SSSR count). The molecule has 4 nitrogen and oxygen atoms in total. The minimum Gasteiger partial charge on any atom is -0.359 e. The minimum atomic E-state index is 0.651. The van der Waals surface area contributed by atoms with E-state index >= 15 is 0 Å². The number of hydrogen-bond acceptors (Lipinski definition) is 4. The predicted molar refractivity (Wildman–Crippen MR) is 74.9 cm³/mol. The average molecular weight is 252 g/mol. The average Bonchev–Trinajstić information content (AvgIpc) is 2.45. The summed E-state index contributed by atoms with van der Waals surface area (Å²) in [6, 6.07) is 9.80. The van der Waals surface area contributed by atoms with Gasteiger partial charge in [-0.15, -0.1) is 0 Å². The predicted octanol–water partition coefficient (Wildman–Crippen LogP) is 2.34. The Kier molecular flexibility index (Phi) is 4.09. The Morgan fingerprint density at radius 3 is 2.68 bits per heavy atom. The summed E-state index contributed by atoms with van der Waals surface area (Å²) in [5.41, 5.74) is 2.76. The lowest BCUT2D eigenvalue weighted by molar-refractivity contribution is 0.854. The smallest absolute Gasteiger partial charge is 0.129 e. The van der Waals surface area contributed by atoms with Crippen molar-refractivity contribution >= 4 is 5.82 Å². The highest BCUT2D eigenvalue weighted by Crippen LogP contribution is 2.13. The van der Waals surface area contributed by atoms with Crippen molar-refractivity contribution in [2.75, 3.05) is 18.5 Å². The van der Waals surface area contributed by atoms with Crippen LogP contribution in [0.15, 0.2) is 36.7 Å². The molecule has 0 amide bonds. The summed E-state index contributed by atoms with van der Waals surface area (Å²) < 4.78 is 0. The van der Waals surface area contributed by atoms with Crippen LogP contribution in [-0.2, 0) is 6.42 Å². The molecule has 0 saturated carbocycles. The summed E-state index contributed by atoms with van der Waals surface area (Å²) in [6.07, 6.45) is 4.53. The van der Waals surface area contributed by atoms with E-state index in [-0.39, 0.29) is 0 Å². The van der Waals surface area contributed by atoms with Crippen molar-refractivity contribution < 1.29 is 0 Å². The monoisotopic (exact) mass is 252 g/mol. The molecule has 0 saturated heterocycles. The van der Waals surface area contributed by atoms with Gasteiger partial charge in [0.05, 0.1) is 11.6 Å². The Bertz CT molecular complexity index is 587. The van der Waals surface area contributed by atoms with Gasteiger partial charge in [0.15, 0.2) is 0 Å². The standard InChI is InChI=1S/C15H16N4/c1-12-9-14(11-16)10-15(18-12)19(2)8-5-13-3-6-17-7-4-13/h3-4,6-7,9-10H,5,8H2,1-2H3. The van der Waals surface area contributed by atoms with Crippen LogP contribution in [0.2, 0.25) is 0 Å². The molecular weight excluding hydrogens is 236 g/mol. The first-order valence-corrected chi connectivity index (χ1v) is 6.18. The molecule has 0 spiro atoms. The summed E-state index contributed by atoms with van der Waals surface area (Å²) in [6.45, 7) is 2.76. The van der Waals surface area contributed by atoms with Crippen LogP contribution in [0.5, 0.6) is 0 Å². The maximum absolute atomic E-state index is 8.97. The first kappa shape index (κ1) is 13.0. The lowest BCUT2D eigenvalue weighted by Crippen LogP contribution is -2.21. The third-order valence-electron chi connectivity index (χ3n) is 2.95. The molecule has 4 heteroatoms. The Balaban J connectivity index is 2.06. The highest BCUT2D eigenvalue weighted by molar-refractivity contribution is 5.46. The number of aryl methyl sites for hydroxylation is 1. The second-order valence-corrected chi connectivity index (χ2v) is 4.49. The molecule has 2 heterocycles. The number of aromatic nitrogens is 2. The molecule has 96 valence electrons. The van der Waals surface area contributed by atoms with Crippen LogP contribution < -0.4 is 4.90 Å². The van der Waals surface area contributed by atoms with E-state index in [1.807, 2.05) is 32.2 Å². The van der Waals surface area contributed by atoms with E-state index in [1.165, 1.54) is 5.56 Å². The first-order valence-electron chi connectivity index (χ1n) is 6.18. The zero-order valence-corrected chi connectivity index (χ0v) is 11.2. The number of hydrogen-bond donors (Lipinski definition) is 0. The number of pyridine rings is 2. The van der Waals surface area contributed by atoms with Gasteiger partial charge in [0.2, 0.25) is 0 Å². The molecule has 2 aromatic heterocycles. The van der Waals surface area contributed by atoms with Crippen molar-refractivity contribution in [2.24, 2.45) is 0 Å². The Hall–Kier alpha value is -2.41. The third-order valence-corrected chi connectivity index (χ3v) is 2.95. The molecule has 2 aromatic rings. The quantitative estimate of drug-likeness (QED) is 0.838. The second-order valence-electron chi connectivity index (χ2n) is 4.49. The van der Waals surface area contributed by atoms with Gasteiger partial charge in [-0.1, -0.05) is 0 Å². The fourth-order valence-electron chi connectivity index (χ4n) is 1.87. The highest BCUT2D eigenvalue weighted by Gasteiger charge is 2.05. The van der Waals surface area contributed by atoms with E-state index in [4.69, 9.17) is 5.26 Å². The van der Waals surface area contributed by atoms with Crippen molar-refractivity contribution in [3.8, 4) is 6.07 Å². The first-order chi connectivity index (χ1) is 9.19. The zero-order chi connectivity index (χ0) is 13.7. The Morgan fingerprint density at radius 1 is 1.26 bits per heavy atom. The number of anilines is 1. The van der Waals surface area contributed by atoms with Crippen LogP contribution in [0, 0.1) is 18.3 Å². The topological polar surface area (TPSA) is 52.8 Å². The van der Waals surface area contributed by atoms with Crippen molar-refractivity contribution in [3.05, 3.63) is 53.5 Å². The van der Waals surface area contributed by atoms with E-state index in [9.17, 15) is 0 Å². The molecule has 0 N–H and O–H groups in total. The Labute approximate surface area is 113 Å². The number of nitriles is 1. The molecule has 0 fully saturated rings. The maximum Gasteiger partial charge on any atom is 0.129 e. The van der Waals surface area contributed by atoms with Gasteiger partial charge < -0.3 is 4.90 Å². The van der Waals surface area contributed by atoms with Crippen LogP contribution in [0.25, 0.3) is 0 Å². The van der Waals surface area contributed by atoms with Crippen molar-refractivity contribution in [1.82, 2.24) is 9.97 Å². The van der Waals surface area contributed by atoms with Gasteiger partial charge in [0.25, 0.3) is 0 Å². The molecule has 19 heavy (non-hydrogen) atoms. The molecular formula is C15H16N4. The number of nitrogens with zero attached hydrogens (tertiary/aromatic N) is 4. The highest BCUT2D eigenvalue weighted by atomic mass is 15.2. The largest absolute Gasteiger partial charge is 0.359 e. The lowest BCUT2D eigenvalue weighted by Gasteiger charge is -2.18. The molecule has 0 bridgehead atoms. The lowest BCUT2D eigenvalue weighted by atomic mass is 10.2. The summed E-state index contributed by atoms with van der Waals surface area (Å²) in [5, 5.41) is 8.97. The molecule has 0 aliphatic carbocycles. The van der Waals surface area contributed by atoms with Gasteiger partial charge in [-0.25, -0.2) is 4.98 Å². The van der Waals surface area contributed by atoms with E-state index in [1.54, 1.807) is 18.5 Å². The van der Waals surface area contributed by atoms with Gasteiger partial charge in [0.1, 0.15) is 5.82 Å². The van der Waals surface area contributed by atoms with Crippen molar-refractivity contribution in [3.63, 3.8) is 0 Å². The van der Waals surface area contributed by atoms with Gasteiger partial charge in [-0.3, -0.25) is 4.98 Å². The van der Waals surface area contributed by atoms with Crippen molar-refractivity contribution in [1.29, 1.82) is 5.26 Å². The molecule has 0 atom stereocenters. The van der Waals surface area contributed by atoms with Gasteiger partial charge >= 0.3 is 0 Å². The van der Waals surface area contributed by atoms with Gasteiger partial charge in [-0.05, 0) is 43.2 Å². The second kappa shape index (κ2) is 5.96. The molecule has 0 aromatic carbocycles. The Morgan fingerprint density at radius 2 is 2.00 bits per heavy atom. The maximum atomic E-state index is 8.97. The van der Waals surface area contributed by atoms with Crippen LogP contribution in [0.1, 0.15) is 16.8 Å². The summed E-state index contributed by atoms with van der Waals surface area (Å²) in [7, 11) is 1.99. The normalized spacial score (nSPS) is 9.95. The van der Waals surface area contributed by atoms with Gasteiger partial charge in [0, 0.05) is 31.7 Å². The summed E-state index contributed by atoms with van der Waals surface area (Å²) in [5.74, 6) is 0.839. The number of likely N-dealkylation sites (N-methyl/N-ethyl adjacent to an activating group) is 1. The van der Waals surface area contributed by atoms with Crippen molar-refractivity contribution in [2.45, 2.75) is 13.3 Å². The van der Waals surface area contributed by atoms with Crippen LogP contribution >= 0.6 is 0 Å². The van der Waals surface area contributed by atoms with E-state index < -0.39 is 0 Å². The van der Waals surface area contributed by atoms with E-state index in [0.29, 0.717) is 5.56 Å². The van der Waals surface area contributed by atoms with Crippen LogP contribution in [0.4, 0.5) is 5.82 Å². The fraction of sp³-hybridized carbons (Fsp3) is 0.267. The summed E-state index contributed by atoms with van der Waals surface area (Å²) in [4.78, 5) is 10.5. The zero-order valence-electron chi connectivity index (χ0n) is 11.2. The van der Waals surface area contributed by atoms with E-state index in [0.717, 1.165) is 24.5 Å². The SMILES string of the molecule is Cc1cc(C#N)cc(N(C)CCc2ccncc2)n1. The van der Waals surface area contributed by atoms with Crippen LogP contribution in [0.3, 0.4) is 0 Å². The fourth-order valence-corrected chi connectivity index (χ4v) is 1.87. The number of rotatable bonds is 4. The van der Waals surface area contributed by atoms with Gasteiger partial charge in [-0.2, -0.15) is 5.26 Å².